The zero-order valence-electron chi connectivity index (χ0n) is 16.8. The molecule has 0 radical (unpaired) electrons. The summed E-state index contributed by atoms with van der Waals surface area (Å²) in [6.07, 6.45) is -0.948. The number of carbonyl (C=O) groups is 3. The number of para-hydroxylation sites is 1. The molecule has 2 rings (SSSR count). The van der Waals surface area contributed by atoms with Crippen LogP contribution >= 0.6 is 0 Å². The highest BCUT2D eigenvalue weighted by molar-refractivity contribution is 6.02. The maximum Gasteiger partial charge on any atom is 0.326 e. The fourth-order valence-electron chi connectivity index (χ4n) is 2.82. The normalized spacial score (nSPS) is 11.5. The Bertz CT molecular complexity index is 904. The number of amides is 1. The number of benzene rings is 2. The molecule has 0 aromatic heterocycles. The van der Waals surface area contributed by atoms with Gasteiger partial charge in [0.2, 0.25) is 5.78 Å². The van der Waals surface area contributed by atoms with Gasteiger partial charge < -0.3 is 14.8 Å². The molecular formula is C22H25NO5. The summed E-state index contributed by atoms with van der Waals surface area (Å²) in [6, 6.07) is 10.4. The molecule has 148 valence electrons. The molecule has 0 heterocycles. The summed E-state index contributed by atoms with van der Waals surface area (Å²) in [7, 11) is 1.46. The predicted molar refractivity (Wildman–Crippen MR) is 106 cm³/mol. The van der Waals surface area contributed by atoms with E-state index in [0.717, 1.165) is 16.7 Å². The Morgan fingerprint density at radius 3 is 2.29 bits per heavy atom. The maximum atomic E-state index is 12.6. The van der Waals surface area contributed by atoms with Crippen molar-refractivity contribution in [3.05, 3.63) is 64.2 Å². The first kappa shape index (κ1) is 21.2. The Hall–Kier alpha value is -3.15. The molecule has 6 nitrogen and oxygen atoms in total. The standard InChI is InChI=1S/C22H25NO5/c1-13-10-15(3)18(11-14(13)2)21(25)16(4)28-20(24)12-23-22(26)17-8-6-7-9-19(17)27-5/h6-11,16H,12H2,1-5H3,(H,23,26)/t16-/m1/s1. The van der Waals surface area contributed by atoms with Crippen molar-refractivity contribution in [2.75, 3.05) is 13.7 Å². The first-order valence-electron chi connectivity index (χ1n) is 8.97. The van der Waals surface area contributed by atoms with E-state index in [2.05, 4.69) is 5.32 Å². The summed E-state index contributed by atoms with van der Waals surface area (Å²) in [5, 5.41) is 2.48. The number of nitrogens with one attached hydrogen (secondary N) is 1. The number of hydrogen-bond acceptors (Lipinski definition) is 5. The summed E-state index contributed by atoms with van der Waals surface area (Å²) in [6.45, 7) is 6.93. The lowest BCUT2D eigenvalue weighted by Crippen LogP contribution is -2.34. The molecule has 0 aliphatic heterocycles. The minimum atomic E-state index is -0.948. The Morgan fingerprint density at radius 1 is 0.964 bits per heavy atom. The van der Waals surface area contributed by atoms with Crippen LogP contribution in [0.5, 0.6) is 5.75 Å². The molecule has 28 heavy (non-hydrogen) atoms. The molecule has 1 amide bonds. The number of aryl methyl sites for hydroxylation is 3. The number of ether oxygens (including phenoxy) is 2. The largest absolute Gasteiger partial charge is 0.496 e. The SMILES string of the molecule is COc1ccccc1C(=O)NCC(=O)O[C@H](C)C(=O)c1cc(C)c(C)cc1C. The van der Waals surface area contributed by atoms with Crippen LogP contribution in [-0.2, 0) is 9.53 Å². The van der Waals surface area contributed by atoms with Crippen molar-refractivity contribution in [2.45, 2.75) is 33.8 Å². The van der Waals surface area contributed by atoms with E-state index in [1.807, 2.05) is 26.8 Å². The van der Waals surface area contributed by atoms with Gasteiger partial charge in [-0.15, -0.1) is 0 Å². The lowest BCUT2D eigenvalue weighted by Gasteiger charge is -2.15. The van der Waals surface area contributed by atoms with Crippen molar-refractivity contribution in [2.24, 2.45) is 0 Å². The van der Waals surface area contributed by atoms with Crippen molar-refractivity contribution in [1.82, 2.24) is 5.32 Å². The Balaban J connectivity index is 1.96. The highest BCUT2D eigenvalue weighted by Crippen LogP contribution is 2.18. The number of ketones is 1. The molecule has 0 unspecified atom stereocenters. The molecule has 2 aromatic rings. The van der Waals surface area contributed by atoms with Gasteiger partial charge in [-0.2, -0.15) is 0 Å². The molecule has 0 saturated carbocycles. The van der Waals surface area contributed by atoms with Gasteiger partial charge >= 0.3 is 5.97 Å². The number of methoxy groups -OCH3 is 1. The van der Waals surface area contributed by atoms with E-state index in [-0.39, 0.29) is 12.3 Å². The van der Waals surface area contributed by atoms with Gasteiger partial charge in [0.1, 0.15) is 12.3 Å². The van der Waals surface area contributed by atoms with Gasteiger partial charge in [-0.1, -0.05) is 18.2 Å². The van der Waals surface area contributed by atoms with Gasteiger partial charge in [-0.05, 0) is 62.6 Å². The lowest BCUT2D eigenvalue weighted by molar-refractivity contribution is -0.145. The van der Waals surface area contributed by atoms with E-state index < -0.39 is 18.0 Å². The Morgan fingerprint density at radius 2 is 1.61 bits per heavy atom. The molecule has 6 heteroatoms. The Labute approximate surface area is 164 Å². The van der Waals surface area contributed by atoms with Gasteiger partial charge in [0.25, 0.3) is 5.91 Å². The number of carbonyl (C=O) groups excluding carboxylic acids is 3. The zero-order chi connectivity index (χ0) is 20.8. The van der Waals surface area contributed by atoms with Gasteiger partial charge in [0.15, 0.2) is 6.10 Å². The van der Waals surface area contributed by atoms with Crippen molar-refractivity contribution in [3.63, 3.8) is 0 Å². The smallest absolute Gasteiger partial charge is 0.326 e. The summed E-state index contributed by atoms with van der Waals surface area (Å²) >= 11 is 0. The molecule has 0 spiro atoms. The zero-order valence-corrected chi connectivity index (χ0v) is 16.8. The number of rotatable bonds is 7. The summed E-state index contributed by atoms with van der Waals surface area (Å²) in [4.78, 5) is 36.9. The lowest BCUT2D eigenvalue weighted by atomic mass is 9.96. The molecule has 0 aliphatic carbocycles. The van der Waals surface area contributed by atoms with Crippen LogP contribution < -0.4 is 10.1 Å². The molecule has 0 saturated heterocycles. The summed E-state index contributed by atoms with van der Waals surface area (Å²) in [5.74, 6) is -1.02. The minimum absolute atomic E-state index is 0.273. The van der Waals surface area contributed by atoms with Crippen LogP contribution in [-0.4, -0.2) is 37.4 Å². The molecule has 1 atom stereocenters. The summed E-state index contributed by atoms with van der Waals surface area (Å²) in [5.41, 5.74) is 3.77. The van der Waals surface area contributed by atoms with Crippen molar-refractivity contribution in [1.29, 1.82) is 0 Å². The molecule has 2 aromatic carbocycles. The molecule has 0 fully saturated rings. The fraction of sp³-hybridized carbons (Fsp3) is 0.318. The van der Waals surface area contributed by atoms with Gasteiger partial charge in [0, 0.05) is 5.56 Å². The second-order valence-corrected chi connectivity index (χ2v) is 6.63. The second kappa shape index (κ2) is 9.17. The average Bonchev–Trinajstić information content (AvgIpc) is 2.68. The Kier molecular flexibility index (Phi) is 6.93. The van der Waals surface area contributed by atoms with Crippen LogP contribution in [0.3, 0.4) is 0 Å². The third kappa shape index (κ3) is 4.97. The number of Topliss-reactive ketones (excluding diaryl/α,β-unsaturated/α-hetero) is 1. The highest BCUT2D eigenvalue weighted by atomic mass is 16.5. The highest BCUT2D eigenvalue weighted by Gasteiger charge is 2.22. The fourth-order valence-corrected chi connectivity index (χ4v) is 2.82. The second-order valence-electron chi connectivity index (χ2n) is 6.63. The average molecular weight is 383 g/mol. The monoisotopic (exact) mass is 383 g/mol. The van der Waals surface area contributed by atoms with E-state index in [4.69, 9.17) is 9.47 Å². The van der Waals surface area contributed by atoms with Crippen molar-refractivity contribution < 1.29 is 23.9 Å². The van der Waals surface area contributed by atoms with Gasteiger partial charge in [-0.25, -0.2) is 0 Å². The van der Waals surface area contributed by atoms with E-state index in [1.165, 1.54) is 14.0 Å². The first-order valence-corrected chi connectivity index (χ1v) is 8.97. The van der Waals surface area contributed by atoms with E-state index in [0.29, 0.717) is 16.9 Å². The van der Waals surface area contributed by atoms with E-state index >= 15 is 0 Å². The first-order chi connectivity index (χ1) is 13.2. The number of esters is 1. The maximum absolute atomic E-state index is 12.6. The molecule has 0 bridgehead atoms. The number of hydrogen-bond donors (Lipinski definition) is 1. The topological polar surface area (TPSA) is 81.7 Å². The summed E-state index contributed by atoms with van der Waals surface area (Å²) < 4.78 is 10.3. The van der Waals surface area contributed by atoms with Crippen LogP contribution in [0, 0.1) is 20.8 Å². The van der Waals surface area contributed by atoms with Gasteiger partial charge in [0.05, 0.1) is 12.7 Å². The van der Waals surface area contributed by atoms with Gasteiger partial charge in [-0.3, -0.25) is 14.4 Å². The molecule has 0 aliphatic rings. The predicted octanol–water partition coefficient (Wildman–Crippen LogP) is 3.16. The molecular weight excluding hydrogens is 358 g/mol. The van der Waals surface area contributed by atoms with Crippen molar-refractivity contribution >= 4 is 17.7 Å². The quantitative estimate of drug-likeness (QED) is 0.587. The van der Waals surface area contributed by atoms with E-state index in [1.54, 1.807) is 30.3 Å². The third-order valence-corrected chi connectivity index (χ3v) is 4.53. The van der Waals surface area contributed by atoms with Crippen LogP contribution in [0.2, 0.25) is 0 Å². The third-order valence-electron chi connectivity index (χ3n) is 4.53. The van der Waals surface area contributed by atoms with E-state index in [9.17, 15) is 14.4 Å². The minimum Gasteiger partial charge on any atom is -0.496 e. The van der Waals surface area contributed by atoms with Crippen molar-refractivity contribution in [3.8, 4) is 5.75 Å². The van der Waals surface area contributed by atoms with Crippen LogP contribution in [0.1, 0.15) is 44.3 Å². The van der Waals surface area contributed by atoms with Crippen LogP contribution in [0.15, 0.2) is 36.4 Å². The van der Waals surface area contributed by atoms with Crippen LogP contribution in [0.25, 0.3) is 0 Å². The molecule has 1 N–H and O–H groups in total. The van der Waals surface area contributed by atoms with Crippen LogP contribution in [0.4, 0.5) is 0 Å².